The van der Waals surface area contributed by atoms with E-state index in [2.05, 4.69) is 153 Å². The maximum absolute atomic E-state index is 6.44. The van der Waals surface area contributed by atoms with Crippen molar-refractivity contribution in [3.8, 4) is 113 Å². The number of aromatic amines is 4. The fourth-order valence-electron chi connectivity index (χ4n) is 15.7. The molecule has 0 radical (unpaired) electrons. The minimum Gasteiger partial charge on any atom is -0.491 e. The van der Waals surface area contributed by atoms with Crippen LogP contribution in [0.3, 0.4) is 0 Å². The Balaban J connectivity index is 0.873. The Morgan fingerprint density at radius 2 is 0.440 bits per heavy atom. The largest absolute Gasteiger partial charge is 0.491 e. The minimum atomic E-state index is 0.309. The number of methoxy groups -OCH3 is 4. The molecule has 16 rings (SSSR count). The predicted molar refractivity (Wildman–Crippen MR) is 522 cm³/mol. The van der Waals surface area contributed by atoms with Gasteiger partial charge in [0, 0.05) is 119 Å². The van der Waals surface area contributed by atoms with E-state index in [1.54, 1.807) is 28.4 Å². The number of benzene rings is 4. The molecule has 0 amide bonds. The number of hydrogen-bond acceptors (Lipinski definition) is 20. The molecule has 8 aromatic heterocycles. The molecule has 0 spiro atoms. The number of fused-ring (bicyclic) bond motifs is 16. The summed E-state index contributed by atoms with van der Waals surface area (Å²) in [7, 11) is 10.6. The summed E-state index contributed by atoms with van der Waals surface area (Å²) in [5, 5.41) is 0. The molecule has 12 heterocycles. The van der Waals surface area contributed by atoms with E-state index in [9.17, 15) is 0 Å². The van der Waals surface area contributed by atoms with E-state index in [1.165, 1.54) is 0 Å². The van der Waals surface area contributed by atoms with Crippen LogP contribution in [0.1, 0.15) is 56.7 Å². The lowest BCUT2D eigenvalue weighted by Gasteiger charge is -2.10. The zero-order valence-corrected chi connectivity index (χ0v) is 76.3. The van der Waals surface area contributed by atoms with Crippen LogP contribution in [0.5, 0.6) is 23.0 Å². The average Bonchev–Trinajstić information content (AvgIpc) is 1.62. The summed E-state index contributed by atoms with van der Waals surface area (Å²) in [6.07, 6.45) is 24.6. The van der Waals surface area contributed by atoms with Crippen molar-refractivity contribution < 1.29 is 84.9 Å². The predicted octanol–water partition coefficient (Wildman–Crippen LogP) is 16.9. The summed E-state index contributed by atoms with van der Waals surface area (Å²) in [4.78, 5) is 38.0. The van der Waals surface area contributed by atoms with E-state index in [-0.39, 0.29) is 0 Å². The van der Waals surface area contributed by atoms with E-state index in [1.807, 2.05) is 157 Å². The van der Waals surface area contributed by atoms with Gasteiger partial charge in [0.2, 0.25) is 0 Å². The first-order valence-corrected chi connectivity index (χ1v) is 44.9. The summed E-state index contributed by atoms with van der Waals surface area (Å²) in [6, 6.07) is 57.2. The Hall–Kier alpha value is -13.8. The molecule has 4 aliphatic heterocycles. The van der Waals surface area contributed by atoms with Gasteiger partial charge < -0.3 is 95.7 Å². The molecule has 0 fully saturated rings. The van der Waals surface area contributed by atoms with E-state index >= 15 is 0 Å². The molecule has 0 saturated carbocycles. The van der Waals surface area contributed by atoms with Crippen molar-refractivity contribution in [1.29, 1.82) is 0 Å². The van der Waals surface area contributed by atoms with E-state index in [0.29, 0.717) is 238 Å². The zero-order valence-electron chi connectivity index (χ0n) is 76.3. The van der Waals surface area contributed by atoms with Crippen LogP contribution in [0.15, 0.2) is 195 Å². The highest BCUT2D eigenvalue weighted by molar-refractivity contribution is 6.01. The smallest absolute Gasteiger partial charge is 0.169 e. The third-order valence-electron chi connectivity index (χ3n) is 22.2. The number of ether oxygens (including phenoxy) is 16. The Labute approximate surface area is 779 Å². The lowest BCUT2D eigenvalue weighted by molar-refractivity contribution is -0.671. The van der Waals surface area contributed by atoms with Gasteiger partial charge in [0.25, 0.3) is 0 Å². The summed E-state index contributed by atoms with van der Waals surface area (Å²) >= 11 is 0. The van der Waals surface area contributed by atoms with Crippen molar-refractivity contribution >= 4 is 92.7 Å². The van der Waals surface area contributed by atoms with Gasteiger partial charge in [0.05, 0.1) is 200 Å². The van der Waals surface area contributed by atoms with Crippen LogP contribution in [0.25, 0.3) is 160 Å². The third-order valence-corrected chi connectivity index (χ3v) is 22.2. The summed E-state index contributed by atoms with van der Waals surface area (Å²) in [5.74, 6) is 16.6. The number of nitrogens with zero attached hydrogens (tertiary/aromatic N) is 6. The van der Waals surface area contributed by atoms with Gasteiger partial charge in [0.1, 0.15) is 63.5 Å². The minimum absolute atomic E-state index is 0.309. The number of aryl methyl sites for hydroxylation is 2. The van der Waals surface area contributed by atoms with Crippen LogP contribution in [0.2, 0.25) is 0 Å². The molecule has 4 aliphatic rings. The molecule has 134 heavy (non-hydrogen) atoms. The quantitative estimate of drug-likeness (QED) is 0.0157. The summed E-state index contributed by atoms with van der Waals surface area (Å²) < 4.78 is 96.6. The first kappa shape index (κ1) is 93.5. The summed E-state index contributed by atoms with van der Waals surface area (Å²) in [5.41, 5.74) is 23.0. The van der Waals surface area contributed by atoms with E-state index < -0.39 is 0 Å². The number of nitrogens with one attached hydrogen (secondary N) is 4. The second-order valence-corrected chi connectivity index (χ2v) is 31.4. The van der Waals surface area contributed by atoms with Gasteiger partial charge in [-0.3, -0.25) is 0 Å². The molecule has 0 saturated heterocycles. The van der Waals surface area contributed by atoms with Crippen LogP contribution in [-0.4, -0.2) is 227 Å². The molecule has 12 aromatic rings. The van der Waals surface area contributed by atoms with Crippen molar-refractivity contribution in [2.24, 2.45) is 14.1 Å². The Kier molecular flexibility index (Phi) is 33.5. The molecule has 0 aliphatic carbocycles. The van der Waals surface area contributed by atoms with Crippen molar-refractivity contribution in [3.05, 3.63) is 251 Å². The van der Waals surface area contributed by atoms with Crippen molar-refractivity contribution in [1.82, 2.24) is 39.9 Å². The van der Waals surface area contributed by atoms with Crippen LogP contribution < -0.4 is 28.1 Å². The molecule has 686 valence electrons. The number of aromatic nitrogens is 10. The molecular formula is C108H110N10O16+2. The normalized spacial score (nSPS) is 11.9. The van der Waals surface area contributed by atoms with Gasteiger partial charge in [0.15, 0.2) is 24.8 Å². The SMILES string of the molecule is COCCOCCOCCOc1cccc(-c2c3nc(c(-c4cc[n+](C)cc4)c4ccc([nH]4)c(-c4cccc(OCCOCCOCCOC)c4)c4nc(c(C#CC#Cc5c6nc(c(-c7cccc(OCCOCCOCCOC)c7)c7ccc([nH]7)c(-c7cc[n+](C)cc7)c7nc(c(-c8cccc(OCCOCCOCCOC)c8)c8ccc5[nH]8)C=C7)C=C6)c5ccc2[nH]5)C=C4)C=C3)c1. The number of rotatable bonds is 46. The zero-order chi connectivity index (χ0) is 91.8. The van der Waals surface area contributed by atoms with Crippen molar-refractivity contribution in [3.63, 3.8) is 0 Å². The lowest BCUT2D eigenvalue weighted by atomic mass is 10.0. The standard InChI is InChI=1S/C108H108N10O16/c1-117-43-39-75(40-44-117)103-91-31-35-99(113-91)105(77-13-9-17-81(71-77)131-67-63-127-59-55-123-51-47-119-3)95-27-23-87(109-95)85(88-24-28-96(110-88)106(100-36-32-92(103)114-100)78-14-10-18-82(72-78)132-68-64-128-60-56-124-52-48-120-4)21-7-8-22-86-89-25-29-97(111-89)107(79-15-11-19-83(73-79)133-69-65-129-61-57-125-53-49-121-5)101-37-33-93(115-101)104(76-41-45-118(2)46-42-76)94-34-38-102(116-94)108(98-30-26-90(86)112-98)80-16-12-20-84(74-80)134-70-66-130-62-58-126-54-50-122-6/h9-20,23-46,71-74H,47-70H2,1-6H3,(H2,109,110,111,112,113,114,115,116)/p+2. The van der Waals surface area contributed by atoms with Crippen molar-refractivity contribution in [2.45, 2.75) is 0 Å². The average molecular weight is 1800 g/mol. The number of pyridine rings is 2. The van der Waals surface area contributed by atoms with Crippen molar-refractivity contribution in [2.75, 3.05) is 187 Å². The van der Waals surface area contributed by atoms with Crippen LogP contribution in [0, 0.1) is 23.7 Å². The lowest BCUT2D eigenvalue weighted by Crippen LogP contribution is -2.25. The molecule has 4 aromatic carbocycles. The molecular weight excluding hydrogens is 1690 g/mol. The molecule has 0 atom stereocenters. The summed E-state index contributed by atoms with van der Waals surface area (Å²) in [6.45, 7) is 10.1. The van der Waals surface area contributed by atoms with E-state index in [4.69, 9.17) is 95.7 Å². The Morgan fingerprint density at radius 3 is 0.694 bits per heavy atom. The Morgan fingerprint density at radius 1 is 0.231 bits per heavy atom. The fourth-order valence-corrected chi connectivity index (χ4v) is 15.7. The fraction of sp³-hybridized carbons (Fsp3) is 0.278. The Bertz CT molecular complexity index is 6160. The maximum atomic E-state index is 6.44. The second-order valence-electron chi connectivity index (χ2n) is 31.4. The van der Waals surface area contributed by atoms with Crippen LogP contribution in [0.4, 0.5) is 0 Å². The first-order valence-electron chi connectivity index (χ1n) is 44.9. The third kappa shape index (κ3) is 24.6. The van der Waals surface area contributed by atoms with Gasteiger partial charge in [-0.1, -0.05) is 48.5 Å². The molecule has 16 bridgehead atoms. The number of H-pyrrole nitrogens is 4. The topological polar surface area (TPSA) is 270 Å². The van der Waals surface area contributed by atoms with Crippen LogP contribution in [-0.2, 0) is 70.9 Å². The highest BCUT2D eigenvalue weighted by Gasteiger charge is 2.24. The van der Waals surface area contributed by atoms with Crippen LogP contribution >= 0.6 is 0 Å². The first-order chi connectivity index (χ1) is 66.1. The van der Waals surface area contributed by atoms with E-state index in [0.717, 1.165) is 111 Å². The van der Waals surface area contributed by atoms with Gasteiger partial charge in [-0.05, 0) is 203 Å². The molecule has 0 unspecified atom stereocenters. The number of hydrogen-bond donors (Lipinski definition) is 4. The highest BCUT2D eigenvalue weighted by Crippen LogP contribution is 2.42. The van der Waals surface area contributed by atoms with Gasteiger partial charge in [-0.25, -0.2) is 29.1 Å². The van der Waals surface area contributed by atoms with Gasteiger partial charge in [-0.2, -0.15) is 0 Å². The monoisotopic (exact) mass is 1800 g/mol. The highest BCUT2D eigenvalue weighted by atomic mass is 16.6. The van der Waals surface area contributed by atoms with Gasteiger partial charge >= 0.3 is 0 Å². The molecule has 4 N–H and O–H groups in total. The maximum Gasteiger partial charge on any atom is 0.169 e. The van der Waals surface area contributed by atoms with Gasteiger partial charge in [-0.15, -0.1) is 0 Å². The second kappa shape index (κ2) is 48.0. The molecule has 26 nitrogen and oxygen atoms in total. The molecule has 26 heteroatoms.